The molecule has 0 aromatic heterocycles. The number of unbranched alkanes of at least 4 members (excludes halogenated alkanes) is 14. The van der Waals surface area contributed by atoms with Crippen molar-refractivity contribution in [3.8, 4) is 0 Å². The molecule has 0 aliphatic rings. The van der Waals surface area contributed by atoms with E-state index < -0.39 is 0 Å². The van der Waals surface area contributed by atoms with E-state index in [4.69, 9.17) is 47.4 Å². The second-order valence-corrected chi connectivity index (χ2v) is 14.1. The fourth-order valence-electron chi connectivity index (χ4n) is 5.67. The van der Waals surface area contributed by atoms with Crippen molar-refractivity contribution in [2.75, 3.05) is 137 Å². The Hall–Kier alpha value is -1.87. The Morgan fingerprint density at radius 1 is 0.368 bits per heavy atom. The molecule has 0 aliphatic heterocycles. The molecule has 0 saturated carbocycles. The molecule has 0 fully saturated rings. The van der Waals surface area contributed by atoms with Gasteiger partial charge in [0.1, 0.15) is 6.61 Å². The highest BCUT2D eigenvalue weighted by Crippen LogP contribution is 2.13. The molecule has 57 heavy (non-hydrogen) atoms. The highest BCUT2D eigenvalue weighted by Gasteiger charge is 2.07. The average molecular weight is 814 g/mol. The maximum Gasteiger partial charge on any atom is 0.338 e. The minimum absolute atomic E-state index is 0.195. The molecule has 0 heterocycles. The quantitative estimate of drug-likeness (QED) is 0.0501. The van der Waals surface area contributed by atoms with E-state index in [2.05, 4.69) is 19.2 Å². The minimum Gasteiger partial charge on any atom is -0.460 e. The van der Waals surface area contributed by atoms with Crippen LogP contribution < -0.4 is 5.32 Å². The third kappa shape index (κ3) is 39.4. The van der Waals surface area contributed by atoms with Gasteiger partial charge in [-0.2, -0.15) is 0 Å². The summed E-state index contributed by atoms with van der Waals surface area (Å²) in [7, 11) is 0. The Morgan fingerprint density at radius 3 is 1.02 bits per heavy atom. The van der Waals surface area contributed by atoms with Gasteiger partial charge in [-0.3, -0.25) is 0 Å². The number of carbonyl (C=O) groups excluding carboxylic acids is 1. The first-order valence-corrected chi connectivity index (χ1v) is 22.5. The van der Waals surface area contributed by atoms with Crippen LogP contribution in [0.25, 0.3) is 0 Å². The van der Waals surface area contributed by atoms with Gasteiger partial charge in [-0.1, -0.05) is 104 Å². The van der Waals surface area contributed by atoms with Crippen molar-refractivity contribution in [1.82, 2.24) is 0 Å². The number of hydrogen-bond acceptors (Lipinski definition) is 12. The summed E-state index contributed by atoms with van der Waals surface area (Å²) in [6, 6.07) is 7.31. The molecule has 0 aliphatic carbocycles. The number of benzene rings is 1. The summed E-state index contributed by atoms with van der Waals surface area (Å²) >= 11 is 0. The molecule has 0 saturated heterocycles. The molecular formula is C45H83NO11. The molecule has 12 heteroatoms. The van der Waals surface area contributed by atoms with Gasteiger partial charge in [0.15, 0.2) is 0 Å². The monoisotopic (exact) mass is 814 g/mol. The second kappa shape index (κ2) is 45.2. The molecule has 1 aromatic rings. The number of ether oxygens (including phenoxy) is 10. The zero-order chi connectivity index (χ0) is 40.8. The van der Waals surface area contributed by atoms with Gasteiger partial charge in [-0.25, -0.2) is 4.79 Å². The van der Waals surface area contributed by atoms with Crippen LogP contribution >= 0.6 is 0 Å². The van der Waals surface area contributed by atoms with Crippen LogP contribution in [0.3, 0.4) is 0 Å². The first kappa shape index (κ1) is 53.1. The smallest absolute Gasteiger partial charge is 0.338 e. The topological polar surface area (TPSA) is 121 Å². The highest BCUT2D eigenvalue weighted by atomic mass is 16.6. The lowest BCUT2D eigenvalue weighted by molar-refractivity contribution is -0.0259. The van der Waals surface area contributed by atoms with E-state index in [1.807, 2.05) is 12.1 Å². The van der Waals surface area contributed by atoms with Crippen molar-refractivity contribution in [3.05, 3.63) is 29.8 Å². The van der Waals surface area contributed by atoms with Gasteiger partial charge in [0, 0.05) is 18.8 Å². The fraction of sp³-hybridized carbons (Fsp3) is 0.844. The highest BCUT2D eigenvalue weighted by molar-refractivity contribution is 5.89. The van der Waals surface area contributed by atoms with Crippen molar-refractivity contribution in [3.63, 3.8) is 0 Å². The van der Waals surface area contributed by atoms with E-state index in [1.54, 1.807) is 12.1 Å². The van der Waals surface area contributed by atoms with Crippen molar-refractivity contribution in [1.29, 1.82) is 0 Å². The Bertz CT molecular complexity index is 940. The lowest BCUT2D eigenvalue weighted by Crippen LogP contribution is -2.15. The Morgan fingerprint density at radius 2 is 0.667 bits per heavy atom. The summed E-state index contributed by atoms with van der Waals surface area (Å²) in [6.45, 7) is 15.0. The van der Waals surface area contributed by atoms with Gasteiger partial charge in [-0.15, -0.1) is 0 Å². The number of hydrogen-bond donors (Lipinski definition) is 1. The fourth-order valence-corrected chi connectivity index (χ4v) is 5.67. The summed E-state index contributed by atoms with van der Waals surface area (Å²) in [5.74, 6) is -0.356. The van der Waals surface area contributed by atoms with Crippen LogP contribution in [0.4, 0.5) is 5.69 Å². The maximum atomic E-state index is 12.2. The molecule has 0 amide bonds. The molecule has 334 valence electrons. The molecule has 1 aromatic carbocycles. The number of nitrogens with one attached hydrogen (secondary N) is 1. The minimum atomic E-state index is -0.356. The zero-order valence-electron chi connectivity index (χ0n) is 36.3. The maximum absolute atomic E-state index is 12.2. The lowest BCUT2D eigenvalue weighted by Gasteiger charge is -2.09. The molecule has 0 unspecified atom stereocenters. The SMILES string of the molecule is CCCCCCCCCCCCCCCCOCCOCCOCCOCCOCCOCCOCCOCCOCCOC(=O)c1ccc(NCCCC)cc1. The lowest BCUT2D eigenvalue weighted by atomic mass is 10.0. The van der Waals surface area contributed by atoms with Crippen molar-refractivity contribution in [2.24, 2.45) is 0 Å². The van der Waals surface area contributed by atoms with E-state index in [0.717, 1.165) is 38.1 Å². The van der Waals surface area contributed by atoms with Gasteiger partial charge >= 0.3 is 5.97 Å². The Kier molecular flexibility index (Phi) is 42.2. The predicted molar refractivity (Wildman–Crippen MR) is 228 cm³/mol. The number of rotatable bonds is 47. The Balaban J connectivity index is 1.66. The standard InChI is InChI=1S/C45H83NO11/c1-3-5-7-8-9-10-11-12-13-14-15-16-17-18-24-48-25-26-49-27-28-50-29-30-51-31-32-52-33-34-53-35-36-54-37-38-55-39-40-56-41-42-57-45(47)43-19-21-44(22-20-43)46-23-6-4-2/h19-22,46H,3-18,23-42H2,1-2H3. The van der Waals surface area contributed by atoms with Crippen LogP contribution in [0.15, 0.2) is 24.3 Å². The summed E-state index contributed by atoms with van der Waals surface area (Å²) in [6.07, 6.45) is 21.5. The van der Waals surface area contributed by atoms with Crippen molar-refractivity contribution in [2.45, 2.75) is 117 Å². The van der Waals surface area contributed by atoms with Crippen LogP contribution in [0.2, 0.25) is 0 Å². The average Bonchev–Trinajstić information content (AvgIpc) is 3.23. The normalized spacial score (nSPS) is 11.4. The van der Waals surface area contributed by atoms with Crippen LogP contribution in [0.5, 0.6) is 0 Å². The van der Waals surface area contributed by atoms with Gasteiger partial charge in [0.25, 0.3) is 0 Å². The van der Waals surface area contributed by atoms with Crippen LogP contribution in [0.1, 0.15) is 127 Å². The second-order valence-electron chi connectivity index (χ2n) is 14.1. The number of anilines is 1. The molecule has 0 radical (unpaired) electrons. The van der Waals surface area contributed by atoms with Crippen molar-refractivity contribution >= 4 is 11.7 Å². The molecule has 0 bridgehead atoms. The summed E-state index contributed by atoms with van der Waals surface area (Å²) in [4.78, 5) is 12.2. The van der Waals surface area contributed by atoms with E-state index in [-0.39, 0.29) is 12.6 Å². The van der Waals surface area contributed by atoms with Gasteiger partial charge in [0.05, 0.1) is 118 Å². The summed E-state index contributed by atoms with van der Waals surface area (Å²) in [5, 5.41) is 3.32. The van der Waals surface area contributed by atoms with E-state index in [0.29, 0.717) is 118 Å². The van der Waals surface area contributed by atoms with Crippen LogP contribution in [0, 0.1) is 0 Å². The van der Waals surface area contributed by atoms with Crippen LogP contribution in [-0.4, -0.2) is 138 Å². The van der Waals surface area contributed by atoms with Crippen LogP contribution in [-0.2, 0) is 47.4 Å². The predicted octanol–water partition coefficient (Wildman–Crippen LogP) is 8.69. The van der Waals surface area contributed by atoms with Gasteiger partial charge in [0.2, 0.25) is 0 Å². The zero-order valence-corrected chi connectivity index (χ0v) is 36.3. The van der Waals surface area contributed by atoms with E-state index in [1.165, 1.54) is 83.5 Å². The van der Waals surface area contributed by atoms with Gasteiger partial charge in [-0.05, 0) is 37.1 Å². The third-order valence-electron chi connectivity index (χ3n) is 9.06. The first-order valence-electron chi connectivity index (χ1n) is 22.5. The molecule has 0 atom stereocenters. The van der Waals surface area contributed by atoms with E-state index in [9.17, 15) is 4.79 Å². The molecular weight excluding hydrogens is 730 g/mol. The molecule has 1 rings (SSSR count). The first-order chi connectivity index (χ1) is 28.3. The third-order valence-corrected chi connectivity index (χ3v) is 9.06. The molecule has 0 spiro atoms. The largest absolute Gasteiger partial charge is 0.460 e. The van der Waals surface area contributed by atoms with E-state index >= 15 is 0 Å². The summed E-state index contributed by atoms with van der Waals surface area (Å²) < 4.78 is 55.1. The molecule has 12 nitrogen and oxygen atoms in total. The summed E-state index contributed by atoms with van der Waals surface area (Å²) in [5.41, 5.74) is 1.52. The number of esters is 1. The molecule has 1 N–H and O–H groups in total. The van der Waals surface area contributed by atoms with Gasteiger partial charge < -0.3 is 52.7 Å². The number of carbonyl (C=O) groups is 1. The van der Waals surface area contributed by atoms with Crippen molar-refractivity contribution < 1.29 is 52.2 Å². The Labute approximate surface area is 347 Å².